The van der Waals surface area contributed by atoms with E-state index in [1.807, 2.05) is 0 Å². The van der Waals surface area contributed by atoms with Gasteiger partial charge in [0, 0.05) is 1.43 Å². The lowest BCUT2D eigenvalue weighted by molar-refractivity contribution is -0.0327. The van der Waals surface area contributed by atoms with Gasteiger partial charge in [0.15, 0.2) is 0 Å². The predicted molar refractivity (Wildman–Crippen MR) is 40.8 cm³/mol. The Balaban J connectivity index is 0.000000845. The van der Waals surface area contributed by atoms with Gasteiger partial charge in [0.05, 0.1) is 11.1 Å². The van der Waals surface area contributed by atoms with Gasteiger partial charge in [0.1, 0.15) is 0 Å². The van der Waals surface area contributed by atoms with E-state index >= 15 is 0 Å². The summed E-state index contributed by atoms with van der Waals surface area (Å²) in [6, 6.07) is 6.30. The summed E-state index contributed by atoms with van der Waals surface area (Å²) in [5, 5.41) is 9.05. The van der Waals surface area contributed by atoms with Crippen molar-refractivity contribution in [3.8, 4) is 0 Å². The van der Waals surface area contributed by atoms with Crippen molar-refractivity contribution in [3.63, 3.8) is 0 Å². The molecule has 2 rings (SSSR count). The normalized spacial score (nSPS) is 15.2. The lowest BCUT2D eigenvalue weighted by Gasteiger charge is -1.99. The van der Waals surface area contributed by atoms with Gasteiger partial charge in [-0.05, 0) is 12.1 Å². The molecule has 0 spiro atoms. The molecule has 0 atom stereocenters. The maximum absolute atomic E-state index is 11.1. The molecule has 12 heavy (non-hydrogen) atoms. The third-order valence-corrected chi connectivity index (χ3v) is 1.77. The standard InChI is InChI=1S/C8H5NO3.H2/c10-7-5-3-1-2-4-6(5)8(11)9(7)12;/h1-4,12H;1H. The van der Waals surface area contributed by atoms with Gasteiger partial charge in [0.25, 0.3) is 11.8 Å². The molecule has 1 heterocycles. The zero-order chi connectivity index (χ0) is 8.72. The van der Waals surface area contributed by atoms with Crippen molar-refractivity contribution in [3.05, 3.63) is 35.4 Å². The number of rotatable bonds is 0. The number of hydroxylamine groups is 2. The Bertz CT molecular complexity index is 342. The van der Waals surface area contributed by atoms with Gasteiger partial charge in [-0.25, -0.2) is 0 Å². The Hall–Kier alpha value is -1.68. The molecule has 1 aliphatic heterocycles. The summed E-state index contributed by atoms with van der Waals surface area (Å²) in [5.41, 5.74) is 0.509. The average Bonchev–Trinajstić information content (AvgIpc) is 2.33. The lowest BCUT2D eigenvalue weighted by atomic mass is 10.1. The van der Waals surface area contributed by atoms with Crippen molar-refractivity contribution in [1.82, 2.24) is 5.06 Å². The van der Waals surface area contributed by atoms with E-state index < -0.39 is 11.8 Å². The van der Waals surface area contributed by atoms with Gasteiger partial charge in [-0.3, -0.25) is 14.8 Å². The van der Waals surface area contributed by atoms with Crippen LogP contribution in [-0.4, -0.2) is 22.1 Å². The van der Waals surface area contributed by atoms with Crippen LogP contribution in [0.25, 0.3) is 0 Å². The van der Waals surface area contributed by atoms with Crippen molar-refractivity contribution < 1.29 is 16.2 Å². The van der Waals surface area contributed by atoms with Gasteiger partial charge in [-0.2, -0.15) is 0 Å². The fourth-order valence-electron chi connectivity index (χ4n) is 1.18. The third-order valence-electron chi connectivity index (χ3n) is 1.77. The first-order valence-corrected chi connectivity index (χ1v) is 3.38. The van der Waals surface area contributed by atoms with E-state index in [2.05, 4.69) is 0 Å². The smallest absolute Gasteiger partial charge is 0.278 e. The molecule has 0 fully saturated rings. The van der Waals surface area contributed by atoms with Crippen LogP contribution >= 0.6 is 0 Å². The van der Waals surface area contributed by atoms with E-state index in [1.165, 1.54) is 12.1 Å². The minimum absolute atomic E-state index is 0. The second-order valence-electron chi connectivity index (χ2n) is 2.47. The van der Waals surface area contributed by atoms with Crippen LogP contribution in [0.3, 0.4) is 0 Å². The molecule has 0 bridgehead atoms. The quantitative estimate of drug-likeness (QED) is 0.459. The first kappa shape index (κ1) is 7.00. The van der Waals surface area contributed by atoms with Crippen LogP contribution in [0.1, 0.15) is 22.1 Å². The van der Waals surface area contributed by atoms with Crippen molar-refractivity contribution in [2.75, 3.05) is 0 Å². The van der Waals surface area contributed by atoms with Crippen LogP contribution in [0.4, 0.5) is 0 Å². The minimum Gasteiger partial charge on any atom is -0.278 e. The van der Waals surface area contributed by atoms with Crippen molar-refractivity contribution in [2.45, 2.75) is 0 Å². The topological polar surface area (TPSA) is 57.6 Å². The number of amides is 2. The first-order chi connectivity index (χ1) is 5.72. The molecular formula is C8H7NO3. The second-order valence-corrected chi connectivity index (χ2v) is 2.47. The number of nitrogens with zero attached hydrogens (tertiary/aromatic N) is 1. The van der Waals surface area contributed by atoms with Crippen LogP contribution in [0, 0.1) is 0 Å². The van der Waals surface area contributed by atoms with E-state index in [4.69, 9.17) is 5.21 Å². The number of imide groups is 1. The van der Waals surface area contributed by atoms with E-state index in [0.29, 0.717) is 0 Å². The Morgan fingerprint density at radius 1 is 1.08 bits per heavy atom. The first-order valence-electron chi connectivity index (χ1n) is 3.38. The summed E-state index contributed by atoms with van der Waals surface area (Å²) in [7, 11) is 0. The van der Waals surface area contributed by atoms with Crippen LogP contribution in [0.15, 0.2) is 24.3 Å². The van der Waals surface area contributed by atoms with Gasteiger partial charge in [-0.1, -0.05) is 12.1 Å². The summed E-state index contributed by atoms with van der Waals surface area (Å²) in [5.74, 6) is -1.31. The zero-order valence-electron chi connectivity index (χ0n) is 6.02. The largest absolute Gasteiger partial charge is 0.285 e. The fourth-order valence-corrected chi connectivity index (χ4v) is 1.18. The molecule has 0 radical (unpaired) electrons. The molecule has 4 nitrogen and oxygen atoms in total. The number of hydrogen-bond acceptors (Lipinski definition) is 3. The SMILES string of the molecule is O=C1c2ccccc2C(=O)N1O.[HH]. The monoisotopic (exact) mass is 165 g/mol. The Morgan fingerprint density at radius 3 is 1.92 bits per heavy atom. The molecule has 1 aromatic rings. The highest BCUT2D eigenvalue weighted by molar-refractivity contribution is 6.20. The average molecular weight is 165 g/mol. The fraction of sp³-hybridized carbons (Fsp3) is 0. The van der Waals surface area contributed by atoms with Gasteiger partial charge in [-0.15, -0.1) is 5.06 Å². The molecular weight excluding hydrogens is 158 g/mol. The van der Waals surface area contributed by atoms with Gasteiger partial charge in [0.2, 0.25) is 0 Å². The van der Waals surface area contributed by atoms with E-state index in [0.717, 1.165) is 0 Å². The van der Waals surface area contributed by atoms with Crippen molar-refractivity contribution >= 4 is 11.8 Å². The molecule has 0 saturated carbocycles. The number of carbonyl (C=O) groups excluding carboxylic acids is 2. The molecule has 1 aromatic carbocycles. The molecule has 62 valence electrons. The van der Waals surface area contributed by atoms with Crippen molar-refractivity contribution in [1.29, 1.82) is 0 Å². The van der Waals surface area contributed by atoms with Crippen LogP contribution in [0.5, 0.6) is 0 Å². The predicted octanol–water partition coefficient (Wildman–Crippen LogP) is 0.918. The minimum atomic E-state index is -0.657. The third kappa shape index (κ3) is 0.695. The van der Waals surface area contributed by atoms with E-state index in [-0.39, 0.29) is 17.6 Å². The van der Waals surface area contributed by atoms with Crippen LogP contribution < -0.4 is 0 Å². The molecule has 0 saturated heterocycles. The van der Waals surface area contributed by atoms with E-state index in [1.54, 1.807) is 12.1 Å². The molecule has 2 amide bonds. The van der Waals surface area contributed by atoms with Gasteiger partial charge >= 0.3 is 0 Å². The maximum atomic E-state index is 11.1. The van der Waals surface area contributed by atoms with E-state index in [9.17, 15) is 9.59 Å². The molecule has 1 N–H and O–H groups in total. The van der Waals surface area contributed by atoms with Crippen molar-refractivity contribution in [2.24, 2.45) is 0 Å². The summed E-state index contributed by atoms with van der Waals surface area (Å²) in [6.45, 7) is 0. The lowest BCUT2D eigenvalue weighted by Crippen LogP contribution is -2.25. The maximum Gasteiger partial charge on any atom is 0.285 e. The van der Waals surface area contributed by atoms with Crippen LogP contribution in [0.2, 0.25) is 0 Å². The number of fused-ring (bicyclic) bond motifs is 1. The molecule has 4 heteroatoms. The highest BCUT2D eigenvalue weighted by Gasteiger charge is 2.33. The summed E-state index contributed by atoms with van der Waals surface area (Å²) >= 11 is 0. The molecule has 1 aliphatic rings. The number of benzene rings is 1. The summed E-state index contributed by atoms with van der Waals surface area (Å²) < 4.78 is 0. The Morgan fingerprint density at radius 2 is 1.50 bits per heavy atom. The van der Waals surface area contributed by atoms with Crippen LogP contribution in [-0.2, 0) is 0 Å². The summed E-state index contributed by atoms with van der Waals surface area (Å²) in [4.78, 5) is 22.1. The molecule has 0 unspecified atom stereocenters. The Labute approximate surface area is 69.5 Å². The summed E-state index contributed by atoms with van der Waals surface area (Å²) in [6.07, 6.45) is 0. The highest BCUT2D eigenvalue weighted by Crippen LogP contribution is 2.19. The molecule has 0 aromatic heterocycles. The highest BCUT2D eigenvalue weighted by atomic mass is 16.5. The number of hydrogen-bond donors (Lipinski definition) is 1. The molecule has 0 aliphatic carbocycles. The van der Waals surface area contributed by atoms with Gasteiger partial charge < -0.3 is 0 Å². The zero-order valence-corrected chi connectivity index (χ0v) is 6.02. The second kappa shape index (κ2) is 2.15. The Kier molecular flexibility index (Phi) is 1.25. The number of carbonyl (C=O) groups is 2.